The number of thiophene rings is 1. The molecule has 2 nitrogen and oxygen atoms in total. The van der Waals surface area contributed by atoms with E-state index >= 15 is 0 Å². The predicted octanol–water partition coefficient (Wildman–Crippen LogP) is 2.11. The Morgan fingerprint density at radius 3 is 3.00 bits per heavy atom. The van der Waals surface area contributed by atoms with Crippen molar-refractivity contribution < 1.29 is 0 Å². The molecular weight excluding hydrogens is 192 g/mol. The van der Waals surface area contributed by atoms with Gasteiger partial charge in [0.25, 0.3) is 0 Å². The van der Waals surface area contributed by atoms with Gasteiger partial charge in [0.1, 0.15) is 0 Å². The van der Waals surface area contributed by atoms with E-state index in [9.17, 15) is 0 Å². The molecule has 78 valence electrons. The summed E-state index contributed by atoms with van der Waals surface area (Å²) in [5.41, 5.74) is 6.06. The largest absolute Gasteiger partial charge is 0.326 e. The number of nitrogens with two attached hydrogens (primary N) is 1. The summed E-state index contributed by atoms with van der Waals surface area (Å²) >= 11 is 1.81. The van der Waals surface area contributed by atoms with E-state index in [1.807, 2.05) is 11.3 Å². The van der Waals surface area contributed by atoms with Gasteiger partial charge in [-0.15, -0.1) is 11.3 Å². The topological polar surface area (TPSA) is 38.0 Å². The van der Waals surface area contributed by atoms with E-state index in [4.69, 9.17) is 5.73 Å². The van der Waals surface area contributed by atoms with E-state index in [2.05, 4.69) is 22.8 Å². The molecule has 0 amide bonds. The normalized spacial score (nSPS) is 27.8. The van der Waals surface area contributed by atoms with Crippen molar-refractivity contribution in [2.75, 3.05) is 0 Å². The lowest BCUT2D eigenvalue weighted by atomic mass is 9.91. The molecule has 0 aliphatic heterocycles. The van der Waals surface area contributed by atoms with E-state index in [1.54, 1.807) is 0 Å². The first kappa shape index (κ1) is 10.1. The second kappa shape index (κ2) is 4.91. The Morgan fingerprint density at radius 2 is 2.29 bits per heavy atom. The average molecular weight is 210 g/mol. The fraction of sp³-hybridized carbons (Fsp3) is 0.636. The molecule has 1 unspecified atom stereocenters. The van der Waals surface area contributed by atoms with Gasteiger partial charge in [-0.2, -0.15) is 0 Å². The zero-order chi connectivity index (χ0) is 9.80. The average Bonchev–Trinajstić information content (AvgIpc) is 2.69. The zero-order valence-corrected chi connectivity index (χ0v) is 9.22. The molecule has 1 aliphatic rings. The van der Waals surface area contributed by atoms with Crippen LogP contribution in [0.3, 0.4) is 0 Å². The summed E-state index contributed by atoms with van der Waals surface area (Å²) in [4.78, 5) is 1.41. The smallest absolute Gasteiger partial charge is 0.0302 e. The van der Waals surface area contributed by atoms with Gasteiger partial charge in [-0.05, 0) is 24.3 Å². The van der Waals surface area contributed by atoms with Crippen molar-refractivity contribution in [3.05, 3.63) is 22.4 Å². The second-order valence-corrected chi connectivity index (χ2v) is 5.05. The van der Waals surface area contributed by atoms with Gasteiger partial charge in [-0.3, -0.25) is 0 Å². The highest BCUT2D eigenvalue weighted by atomic mass is 32.1. The van der Waals surface area contributed by atoms with Gasteiger partial charge in [0, 0.05) is 23.5 Å². The van der Waals surface area contributed by atoms with Crippen molar-refractivity contribution in [1.29, 1.82) is 0 Å². The maximum Gasteiger partial charge on any atom is 0.0302 e. The van der Waals surface area contributed by atoms with Crippen LogP contribution < -0.4 is 11.1 Å². The van der Waals surface area contributed by atoms with Crippen molar-refractivity contribution >= 4 is 11.3 Å². The summed E-state index contributed by atoms with van der Waals surface area (Å²) in [6.45, 7) is 0.982. The quantitative estimate of drug-likeness (QED) is 0.802. The predicted molar refractivity (Wildman–Crippen MR) is 61.4 cm³/mol. The zero-order valence-electron chi connectivity index (χ0n) is 8.41. The second-order valence-electron chi connectivity index (χ2n) is 4.02. The molecule has 0 radical (unpaired) electrons. The van der Waals surface area contributed by atoms with Crippen molar-refractivity contribution in [3.63, 3.8) is 0 Å². The van der Waals surface area contributed by atoms with E-state index in [1.165, 1.54) is 30.6 Å². The van der Waals surface area contributed by atoms with Crippen LogP contribution in [0.2, 0.25) is 0 Å². The van der Waals surface area contributed by atoms with Crippen LogP contribution in [0.4, 0.5) is 0 Å². The number of rotatable bonds is 3. The summed E-state index contributed by atoms with van der Waals surface area (Å²) in [6, 6.07) is 5.17. The standard InChI is InChI=1S/C11H18N2S/c12-10-5-1-2-6-11(10)13-8-9-4-3-7-14-9/h3-4,7,10-11,13H,1-2,5-6,8,12H2/t10-,11?/m1/s1. The monoisotopic (exact) mass is 210 g/mol. The van der Waals surface area contributed by atoms with Gasteiger partial charge in [-0.1, -0.05) is 18.9 Å². The summed E-state index contributed by atoms with van der Waals surface area (Å²) in [7, 11) is 0. The van der Waals surface area contributed by atoms with Gasteiger partial charge in [0.15, 0.2) is 0 Å². The molecule has 1 fully saturated rings. The van der Waals surface area contributed by atoms with Crippen LogP contribution in [0.5, 0.6) is 0 Å². The molecule has 14 heavy (non-hydrogen) atoms. The van der Waals surface area contributed by atoms with Gasteiger partial charge < -0.3 is 11.1 Å². The Morgan fingerprint density at radius 1 is 1.43 bits per heavy atom. The van der Waals surface area contributed by atoms with Crippen LogP contribution >= 0.6 is 11.3 Å². The van der Waals surface area contributed by atoms with E-state index < -0.39 is 0 Å². The van der Waals surface area contributed by atoms with Crippen LogP contribution in [0.15, 0.2) is 17.5 Å². The summed E-state index contributed by atoms with van der Waals surface area (Å²) in [5.74, 6) is 0. The van der Waals surface area contributed by atoms with Gasteiger partial charge in [0.05, 0.1) is 0 Å². The van der Waals surface area contributed by atoms with E-state index in [0.717, 1.165) is 6.54 Å². The Balaban J connectivity index is 1.79. The molecular formula is C11H18N2S. The van der Waals surface area contributed by atoms with Gasteiger partial charge in [0.2, 0.25) is 0 Å². The third-order valence-electron chi connectivity index (χ3n) is 2.94. The van der Waals surface area contributed by atoms with Crippen LogP contribution in [0, 0.1) is 0 Å². The molecule has 2 rings (SSSR count). The number of nitrogens with one attached hydrogen (secondary N) is 1. The first-order chi connectivity index (χ1) is 6.86. The minimum atomic E-state index is 0.365. The minimum absolute atomic E-state index is 0.365. The highest BCUT2D eigenvalue weighted by Crippen LogP contribution is 2.17. The molecule has 0 saturated heterocycles. The van der Waals surface area contributed by atoms with Gasteiger partial charge in [-0.25, -0.2) is 0 Å². The first-order valence-electron chi connectivity index (χ1n) is 5.37. The van der Waals surface area contributed by atoms with Crippen LogP contribution in [0.25, 0.3) is 0 Å². The fourth-order valence-electron chi connectivity index (χ4n) is 2.06. The lowest BCUT2D eigenvalue weighted by Crippen LogP contribution is -2.46. The maximum absolute atomic E-state index is 6.06. The summed E-state index contributed by atoms with van der Waals surface area (Å²) < 4.78 is 0. The molecule has 3 N–H and O–H groups in total. The lowest BCUT2D eigenvalue weighted by Gasteiger charge is -2.29. The minimum Gasteiger partial charge on any atom is -0.326 e. The third kappa shape index (κ3) is 2.56. The molecule has 1 heterocycles. The fourth-order valence-corrected chi connectivity index (χ4v) is 2.71. The highest BCUT2D eigenvalue weighted by molar-refractivity contribution is 7.09. The van der Waals surface area contributed by atoms with Gasteiger partial charge >= 0.3 is 0 Å². The lowest BCUT2D eigenvalue weighted by molar-refractivity contribution is 0.327. The molecule has 1 aliphatic carbocycles. The van der Waals surface area contributed by atoms with Crippen molar-refractivity contribution in [3.8, 4) is 0 Å². The Hall–Kier alpha value is -0.380. The molecule has 2 atom stereocenters. The molecule has 3 heteroatoms. The molecule has 1 saturated carbocycles. The Kier molecular flexibility index (Phi) is 3.56. The Labute approximate surface area is 89.5 Å². The number of hydrogen-bond acceptors (Lipinski definition) is 3. The van der Waals surface area contributed by atoms with Crippen molar-refractivity contribution in [2.24, 2.45) is 5.73 Å². The van der Waals surface area contributed by atoms with Crippen LogP contribution in [-0.2, 0) is 6.54 Å². The molecule has 0 bridgehead atoms. The molecule has 0 spiro atoms. The van der Waals surface area contributed by atoms with Crippen molar-refractivity contribution in [2.45, 2.75) is 44.3 Å². The van der Waals surface area contributed by atoms with E-state index in [-0.39, 0.29) is 0 Å². The van der Waals surface area contributed by atoms with Crippen LogP contribution in [0.1, 0.15) is 30.6 Å². The maximum atomic E-state index is 6.06. The molecule has 0 aromatic carbocycles. The first-order valence-corrected chi connectivity index (χ1v) is 6.25. The number of hydrogen-bond donors (Lipinski definition) is 2. The molecule has 1 aromatic rings. The van der Waals surface area contributed by atoms with Crippen molar-refractivity contribution in [1.82, 2.24) is 5.32 Å². The van der Waals surface area contributed by atoms with Crippen LogP contribution in [-0.4, -0.2) is 12.1 Å². The third-order valence-corrected chi connectivity index (χ3v) is 3.81. The Bertz CT molecular complexity index is 258. The summed E-state index contributed by atoms with van der Waals surface area (Å²) in [6.07, 6.45) is 5.06. The highest BCUT2D eigenvalue weighted by Gasteiger charge is 2.20. The molecule has 1 aromatic heterocycles. The SMILES string of the molecule is N[C@@H]1CCCCC1NCc1cccs1. The van der Waals surface area contributed by atoms with E-state index in [0.29, 0.717) is 12.1 Å². The summed E-state index contributed by atoms with van der Waals surface area (Å²) in [5, 5.41) is 5.68.